The van der Waals surface area contributed by atoms with E-state index in [1.54, 1.807) is 21.1 Å². The normalized spacial score (nSPS) is 11.4. The Labute approximate surface area is 127 Å². The van der Waals surface area contributed by atoms with Crippen LogP contribution in [-0.4, -0.2) is 46.5 Å². The summed E-state index contributed by atoms with van der Waals surface area (Å²) >= 11 is 3.24. The fourth-order valence-corrected chi connectivity index (χ4v) is 2.75. The number of nitrogens with zero attached hydrogens (tertiary/aromatic N) is 1. The molecule has 2 N–H and O–H groups in total. The average molecular weight is 365 g/mol. The second kappa shape index (κ2) is 6.66. The minimum Gasteiger partial charge on any atom is -0.383 e. The number of primary sulfonamides is 1. The molecule has 112 valence electrons. The Bertz CT molecular complexity index is 616. The zero-order valence-electron chi connectivity index (χ0n) is 11.5. The minimum absolute atomic E-state index is 0.0986. The summed E-state index contributed by atoms with van der Waals surface area (Å²) in [6.07, 6.45) is 0. The van der Waals surface area contributed by atoms with Gasteiger partial charge >= 0.3 is 0 Å². The standard InChI is InChI=1S/C12H17BrN2O4S/c1-8-10(12(16)15(2)4-5-19-3)6-9(7-11(8)13)20(14,17)18/h6-7H,4-5H2,1-3H3,(H2,14,17,18). The van der Waals surface area contributed by atoms with Crippen LogP contribution in [0.2, 0.25) is 0 Å². The molecule has 0 aromatic heterocycles. The molecule has 0 saturated carbocycles. The maximum atomic E-state index is 12.3. The Balaban J connectivity index is 3.24. The predicted octanol–water partition coefficient (Wildman–Crippen LogP) is 1.12. The molecule has 0 bridgehead atoms. The van der Waals surface area contributed by atoms with Gasteiger partial charge in [0.2, 0.25) is 10.0 Å². The second-order valence-corrected chi connectivity index (χ2v) is 6.76. The number of halogens is 1. The molecule has 0 aliphatic rings. The maximum Gasteiger partial charge on any atom is 0.254 e. The number of sulfonamides is 1. The number of rotatable bonds is 5. The van der Waals surface area contributed by atoms with Crippen LogP contribution in [0.3, 0.4) is 0 Å². The van der Waals surface area contributed by atoms with E-state index in [1.165, 1.54) is 17.0 Å². The molecule has 0 atom stereocenters. The zero-order chi connectivity index (χ0) is 15.5. The number of likely N-dealkylation sites (N-methyl/N-ethyl adjacent to an activating group) is 1. The van der Waals surface area contributed by atoms with Crippen LogP contribution in [0.5, 0.6) is 0 Å². The third kappa shape index (κ3) is 4.02. The third-order valence-corrected chi connectivity index (χ3v) is 4.57. The molecule has 0 spiro atoms. The first-order chi connectivity index (χ1) is 9.18. The van der Waals surface area contributed by atoms with Crippen LogP contribution in [0.4, 0.5) is 0 Å². The van der Waals surface area contributed by atoms with E-state index >= 15 is 0 Å². The lowest BCUT2D eigenvalue weighted by atomic mass is 10.1. The number of methoxy groups -OCH3 is 1. The Morgan fingerprint density at radius 1 is 1.45 bits per heavy atom. The van der Waals surface area contributed by atoms with Crippen molar-refractivity contribution in [3.8, 4) is 0 Å². The molecule has 8 heteroatoms. The van der Waals surface area contributed by atoms with E-state index in [2.05, 4.69) is 15.9 Å². The molecular formula is C12H17BrN2O4S. The first kappa shape index (κ1) is 17.1. The van der Waals surface area contributed by atoms with Crippen LogP contribution in [0, 0.1) is 6.92 Å². The van der Waals surface area contributed by atoms with E-state index in [4.69, 9.17) is 9.88 Å². The first-order valence-corrected chi connectivity index (χ1v) is 8.09. The molecule has 6 nitrogen and oxygen atoms in total. The van der Waals surface area contributed by atoms with Crippen molar-refractivity contribution in [2.75, 3.05) is 27.3 Å². The highest BCUT2D eigenvalue weighted by molar-refractivity contribution is 9.10. The van der Waals surface area contributed by atoms with E-state index in [0.717, 1.165) is 0 Å². The lowest BCUT2D eigenvalue weighted by molar-refractivity contribution is 0.0743. The number of hydrogen-bond donors (Lipinski definition) is 1. The number of ether oxygens (including phenoxy) is 1. The van der Waals surface area contributed by atoms with Crippen molar-refractivity contribution in [1.82, 2.24) is 4.90 Å². The van der Waals surface area contributed by atoms with Crippen LogP contribution >= 0.6 is 15.9 Å². The molecule has 0 unspecified atom stereocenters. The number of nitrogens with two attached hydrogens (primary N) is 1. The van der Waals surface area contributed by atoms with Crippen molar-refractivity contribution in [3.05, 3.63) is 27.7 Å². The summed E-state index contributed by atoms with van der Waals surface area (Å²) < 4.78 is 28.3. The van der Waals surface area contributed by atoms with Gasteiger partial charge in [-0.1, -0.05) is 15.9 Å². The molecule has 1 aromatic rings. The highest BCUT2D eigenvalue weighted by Gasteiger charge is 2.19. The van der Waals surface area contributed by atoms with Gasteiger partial charge in [-0.15, -0.1) is 0 Å². The summed E-state index contributed by atoms with van der Waals surface area (Å²) in [5.41, 5.74) is 0.952. The molecule has 0 aliphatic heterocycles. The van der Waals surface area contributed by atoms with Crippen LogP contribution < -0.4 is 5.14 Å². The van der Waals surface area contributed by atoms with Crippen LogP contribution in [0.25, 0.3) is 0 Å². The summed E-state index contributed by atoms with van der Waals surface area (Å²) in [5, 5.41) is 5.11. The lowest BCUT2D eigenvalue weighted by Gasteiger charge is -2.19. The van der Waals surface area contributed by atoms with E-state index in [9.17, 15) is 13.2 Å². The molecule has 0 fully saturated rings. The molecule has 1 amide bonds. The topological polar surface area (TPSA) is 89.7 Å². The number of carbonyl (C=O) groups excluding carboxylic acids is 1. The second-order valence-electron chi connectivity index (χ2n) is 4.34. The van der Waals surface area contributed by atoms with Gasteiger partial charge in [0.25, 0.3) is 5.91 Å². The lowest BCUT2D eigenvalue weighted by Crippen LogP contribution is -2.30. The quantitative estimate of drug-likeness (QED) is 0.847. The van der Waals surface area contributed by atoms with Crippen molar-refractivity contribution in [2.24, 2.45) is 5.14 Å². The predicted molar refractivity (Wildman–Crippen MR) is 79.1 cm³/mol. The van der Waals surface area contributed by atoms with Gasteiger partial charge in [0.1, 0.15) is 0 Å². The minimum atomic E-state index is -3.87. The molecule has 1 rings (SSSR count). The molecular weight excluding hydrogens is 348 g/mol. The molecule has 20 heavy (non-hydrogen) atoms. The van der Waals surface area contributed by atoms with Crippen molar-refractivity contribution < 1.29 is 17.9 Å². The largest absolute Gasteiger partial charge is 0.383 e. The highest BCUT2D eigenvalue weighted by atomic mass is 79.9. The van der Waals surface area contributed by atoms with E-state index < -0.39 is 10.0 Å². The van der Waals surface area contributed by atoms with E-state index in [1.807, 2.05) is 0 Å². The molecule has 1 aromatic carbocycles. The highest BCUT2D eigenvalue weighted by Crippen LogP contribution is 2.25. The summed E-state index contributed by atoms with van der Waals surface area (Å²) in [7, 11) is -0.699. The van der Waals surface area contributed by atoms with Crippen molar-refractivity contribution in [3.63, 3.8) is 0 Å². The summed E-state index contributed by atoms with van der Waals surface area (Å²) in [5.74, 6) is -0.286. The molecule has 0 saturated heterocycles. The van der Waals surface area contributed by atoms with Crippen molar-refractivity contribution in [2.45, 2.75) is 11.8 Å². The zero-order valence-corrected chi connectivity index (χ0v) is 13.9. The van der Waals surface area contributed by atoms with Gasteiger partial charge in [0.15, 0.2) is 0 Å². The number of carbonyl (C=O) groups is 1. The number of amides is 1. The van der Waals surface area contributed by atoms with Gasteiger partial charge < -0.3 is 9.64 Å². The summed E-state index contributed by atoms with van der Waals surface area (Å²) in [4.78, 5) is 13.7. The number of benzene rings is 1. The van der Waals surface area contributed by atoms with Gasteiger partial charge in [0, 0.05) is 30.7 Å². The van der Waals surface area contributed by atoms with Crippen LogP contribution in [0.15, 0.2) is 21.5 Å². The maximum absolute atomic E-state index is 12.3. The Morgan fingerprint density at radius 2 is 2.05 bits per heavy atom. The van der Waals surface area contributed by atoms with E-state index in [-0.39, 0.29) is 10.8 Å². The monoisotopic (exact) mass is 364 g/mol. The van der Waals surface area contributed by atoms with Crippen molar-refractivity contribution in [1.29, 1.82) is 0 Å². The number of hydrogen-bond acceptors (Lipinski definition) is 4. The van der Waals surface area contributed by atoms with Gasteiger partial charge in [-0.3, -0.25) is 4.79 Å². The van der Waals surface area contributed by atoms with Crippen molar-refractivity contribution >= 4 is 31.9 Å². The van der Waals surface area contributed by atoms with Crippen LogP contribution in [-0.2, 0) is 14.8 Å². The summed E-state index contributed by atoms with van der Waals surface area (Å²) in [6, 6.07) is 2.68. The smallest absolute Gasteiger partial charge is 0.254 e. The summed E-state index contributed by atoms with van der Waals surface area (Å²) in [6.45, 7) is 2.54. The first-order valence-electron chi connectivity index (χ1n) is 5.75. The average Bonchev–Trinajstić information content (AvgIpc) is 2.36. The Kier molecular flexibility index (Phi) is 5.69. The third-order valence-electron chi connectivity index (χ3n) is 2.85. The fraction of sp³-hybridized carbons (Fsp3) is 0.417. The Hall–Kier alpha value is -0.960. The van der Waals surface area contributed by atoms with E-state index in [0.29, 0.717) is 28.8 Å². The fourth-order valence-electron chi connectivity index (χ4n) is 1.58. The van der Waals surface area contributed by atoms with Crippen LogP contribution in [0.1, 0.15) is 15.9 Å². The van der Waals surface area contributed by atoms with Gasteiger partial charge in [0.05, 0.1) is 11.5 Å². The SMILES string of the molecule is COCCN(C)C(=O)c1cc(S(N)(=O)=O)cc(Br)c1C. The molecule has 0 heterocycles. The van der Waals surface area contributed by atoms with Gasteiger partial charge in [-0.05, 0) is 24.6 Å². The Morgan fingerprint density at radius 3 is 2.55 bits per heavy atom. The molecule has 0 radical (unpaired) electrons. The van der Waals surface area contributed by atoms with Gasteiger partial charge in [-0.25, -0.2) is 13.6 Å². The molecule has 0 aliphatic carbocycles. The van der Waals surface area contributed by atoms with Gasteiger partial charge in [-0.2, -0.15) is 0 Å².